The zero-order valence-corrected chi connectivity index (χ0v) is 21.5. The maximum Gasteiger partial charge on any atom is 0.291 e. The number of phenols is 1. The van der Waals surface area contributed by atoms with Crippen molar-refractivity contribution in [3.8, 4) is 11.5 Å². The van der Waals surface area contributed by atoms with Crippen LogP contribution in [0.1, 0.15) is 72.2 Å². The summed E-state index contributed by atoms with van der Waals surface area (Å²) < 4.78 is 11.6. The van der Waals surface area contributed by atoms with Gasteiger partial charge in [0.2, 0.25) is 0 Å². The summed E-state index contributed by atoms with van der Waals surface area (Å²) in [6.07, 6.45) is 0. The van der Waals surface area contributed by atoms with Crippen LogP contribution in [0.25, 0.3) is 0 Å². The first-order valence-electron chi connectivity index (χ1n) is 12.2. The third-order valence-corrected chi connectivity index (χ3v) is 6.58. The Balaban J connectivity index is 1.38. The second kappa shape index (κ2) is 10.3. The van der Waals surface area contributed by atoms with Gasteiger partial charge in [-0.1, -0.05) is 70.2 Å². The van der Waals surface area contributed by atoms with Crippen molar-refractivity contribution in [3.63, 3.8) is 0 Å². The zero-order valence-electron chi connectivity index (χ0n) is 21.5. The number of aromatic hydroxyl groups is 1. The highest BCUT2D eigenvalue weighted by atomic mass is 16.5. The number of anilines is 1. The first kappa shape index (κ1) is 25.1. The van der Waals surface area contributed by atoms with Gasteiger partial charge in [-0.3, -0.25) is 4.79 Å². The Hall–Kier alpha value is -3.99. The van der Waals surface area contributed by atoms with Crippen molar-refractivity contribution in [1.82, 2.24) is 0 Å². The molecule has 0 fully saturated rings. The topological polar surface area (TPSA) is 71.7 Å². The Morgan fingerprint density at radius 2 is 1.64 bits per heavy atom. The van der Waals surface area contributed by atoms with Crippen LogP contribution in [-0.4, -0.2) is 11.0 Å². The van der Waals surface area contributed by atoms with Crippen molar-refractivity contribution in [2.45, 2.75) is 52.6 Å². The van der Waals surface area contributed by atoms with E-state index < -0.39 is 0 Å². The predicted molar refractivity (Wildman–Crippen MR) is 143 cm³/mol. The van der Waals surface area contributed by atoms with Crippen molar-refractivity contribution in [2.75, 3.05) is 5.32 Å². The first-order chi connectivity index (χ1) is 17.1. The van der Waals surface area contributed by atoms with Crippen molar-refractivity contribution in [2.24, 2.45) is 0 Å². The smallest absolute Gasteiger partial charge is 0.291 e. The van der Waals surface area contributed by atoms with Gasteiger partial charge in [-0.2, -0.15) is 0 Å². The second-order valence-electron chi connectivity index (χ2n) is 9.90. The van der Waals surface area contributed by atoms with Crippen LogP contribution in [0, 0.1) is 6.92 Å². The third kappa shape index (κ3) is 5.46. The van der Waals surface area contributed by atoms with E-state index in [-0.39, 0.29) is 35.4 Å². The molecule has 1 amide bonds. The van der Waals surface area contributed by atoms with Gasteiger partial charge in [0.1, 0.15) is 23.9 Å². The second-order valence-corrected chi connectivity index (χ2v) is 9.90. The first-order valence-corrected chi connectivity index (χ1v) is 12.2. The summed E-state index contributed by atoms with van der Waals surface area (Å²) in [5.41, 5.74) is 4.54. The molecule has 0 spiro atoms. The maximum absolute atomic E-state index is 12.8. The fourth-order valence-electron chi connectivity index (χ4n) is 4.21. The van der Waals surface area contributed by atoms with Crippen molar-refractivity contribution in [1.29, 1.82) is 0 Å². The fraction of sp³-hybridized carbons (Fsp3) is 0.258. The molecular weight excluding hydrogens is 450 g/mol. The van der Waals surface area contributed by atoms with Crippen LogP contribution in [0.4, 0.5) is 5.69 Å². The van der Waals surface area contributed by atoms with Gasteiger partial charge >= 0.3 is 0 Å². The number of hydrogen-bond acceptors (Lipinski definition) is 4. The average molecular weight is 484 g/mol. The standard InChI is InChI=1S/C31H33NO4/c1-20(2)26-18-27(21(3)17-28(26)33)32-30(34)29-16-15-25(36-29)19-35-24-13-11-23(12-14-24)31(4,5)22-9-7-6-8-10-22/h6-18,20,33H,19H2,1-5H3,(H,32,34). The molecule has 1 heterocycles. The number of nitrogens with one attached hydrogen (secondary N) is 1. The van der Waals surface area contributed by atoms with E-state index in [4.69, 9.17) is 9.15 Å². The average Bonchev–Trinajstić information content (AvgIpc) is 3.34. The normalized spacial score (nSPS) is 11.5. The molecule has 4 aromatic rings. The number of ether oxygens (including phenoxy) is 1. The Morgan fingerprint density at radius 1 is 0.972 bits per heavy atom. The molecule has 2 N–H and O–H groups in total. The van der Waals surface area contributed by atoms with Gasteiger partial charge in [-0.25, -0.2) is 0 Å². The minimum atomic E-state index is -0.350. The SMILES string of the molecule is Cc1cc(O)c(C(C)C)cc1NC(=O)c1ccc(COc2ccc(C(C)(C)c3ccccc3)cc2)o1. The highest BCUT2D eigenvalue weighted by molar-refractivity contribution is 6.02. The quantitative estimate of drug-likeness (QED) is 0.254. The molecule has 0 saturated heterocycles. The summed E-state index contributed by atoms with van der Waals surface area (Å²) >= 11 is 0. The summed E-state index contributed by atoms with van der Waals surface area (Å²) in [5, 5.41) is 13.0. The Morgan fingerprint density at radius 3 is 2.31 bits per heavy atom. The molecule has 36 heavy (non-hydrogen) atoms. The molecule has 0 unspecified atom stereocenters. The lowest BCUT2D eigenvalue weighted by molar-refractivity contribution is 0.0992. The number of aryl methyl sites for hydroxylation is 1. The summed E-state index contributed by atoms with van der Waals surface area (Å²) in [6, 6.07) is 25.3. The van der Waals surface area contributed by atoms with Crippen LogP contribution in [0.2, 0.25) is 0 Å². The highest BCUT2D eigenvalue weighted by Gasteiger charge is 2.22. The molecule has 0 saturated carbocycles. The summed E-state index contributed by atoms with van der Waals surface area (Å²) in [4.78, 5) is 12.8. The van der Waals surface area contributed by atoms with E-state index in [1.165, 1.54) is 11.1 Å². The van der Waals surface area contributed by atoms with Crippen LogP contribution in [0.3, 0.4) is 0 Å². The molecule has 4 rings (SSSR count). The lowest BCUT2D eigenvalue weighted by Crippen LogP contribution is -2.18. The monoisotopic (exact) mass is 483 g/mol. The van der Waals surface area contributed by atoms with E-state index in [1.54, 1.807) is 18.2 Å². The van der Waals surface area contributed by atoms with Gasteiger partial charge in [0.05, 0.1) is 0 Å². The van der Waals surface area contributed by atoms with Crippen LogP contribution in [0.5, 0.6) is 11.5 Å². The van der Waals surface area contributed by atoms with Gasteiger partial charge in [-0.15, -0.1) is 0 Å². The lowest BCUT2D eigenvalue weighted by atomic mass is 9.78. The molecule has 5 nitrogen and oxygen atoms in total. The number of furan rings is 1. The molecule has 0 aliphatic rings. The number of amides is 1. The Kier molecular flexibility index (Phi) is 7.20. The number of rotatable bonds is 8. The third-order valence-electron chi connectivity index (χ3n) is 6.58. The largest absolute Gasteiger partial charge is 0.508 e. The molecule has 5 heteroatoms. The van der Waals surface area contributed by atoms with Gasteiger partial charge in [0.15, 0.2) is 5.76 Å². The summed E-state index contributed by atoms with van der Waals surface area (Å²) in [5.74, 6) is 1.50. The Labute approximate surface area is 212 Å². The number of carbonyl (C=O) groups is 1. The molecule has 0 radical (unpaired) electrons. The predicted octanol–water partition coefficient (Wildman–Crippen LogP) is 7.57. The minimum Gasteiger partial charge on any atom is -0.508 e. The van der Waals surface area contributed by atoms with Crippen molar-refractivity contribution < 1.29 is 19.1 Å². The van der Waals surface area contributed by atoms with Crippen molar-refractivity contribution in [3.05, 3.63) is 113 Å². The molecule has 1 aromatic heterocycles. The zero-order chi connectivity index (χ0) is 25.9. The minimum absolute atomic E-state index is 0.116. The molecule has 186 valence electrons. The van der Waals surface area contributed by atoms with Gasteiger partial charge < -0.3 is 19.6 Å². The number of carbonyl (C=O) groups excluding carboxylic acids is 1. The van der Waals surface area contributed by atoms with E-state index in [1.807, 2.05) is 45.0 Å². The lowest BCUT2D eigenvalue weighted by Gasteiger charge is -2.26. The fourth-order valence-corrected chi connectivity index (χ4v) is 4.21. The molecule has 0 aliphatic heterocycles. The highest BCUT2D eigenvalue weighted by Crippen LogP contribution is 2.33. The van der Waals surface area contributed by atoms with E-state index >= 15 is 0 Å². The van der Waals surface area contributed by atoms with E-state index in [0.29, 0.717) is 11.4 Å². The number of phenolic OH excluding ortho intramolecular Hbond substituents is 1. The van der Waals surface area contributed by atoms with Gasteiger partial charge in [-0.05, 0) is 71.5 Å². The van der Waals surface area contributed by atoms with E-state index in [2.05, 4.69) is 55.6 Å². The van der Waals surface area contributed by atoms with Crippen LogP contribution >= 0.6 is 0 Å². The number of benzene rings is 3. The maximum atomic E-state index is 12.8. The van der Waals surface area contributed by atoms with Crippen molar-refractivity contribution >= 4 is 11.6 Å². The molecule has 0 bridgehead atoms. The van der Waals surface area contributed by atoms with Gasteiger partial charge in [0.25, 0.3) is 5.91 Å². The van der Waals surface area contributed by atoms with E-state index in [9.17, 15) is 9.90 Å². The summed E-state index contributed by atoms with van der Waals surface area (Å²) in [6.45, 7) is 10.4. The Bertz CT molecular complexity index is 1340. The molecule has 0 atom stereocenters. The molecular formula is C31H33NO4. The van der Waals surface area contributed by atoms with Crippen LogP contribution in [-0.2, 0) is 12.0 Å². The molecule has 0 aliphatic carbocycles. The van der Waals surface area contributed by atoms with Crippen LogP contribution < -0.4 is 10.1 Å². The molecule has 3 aromatic carbocycles. The summed E-state index contributed by atoms with van der Waals surface area (Å²) in [7, 11) is 0. The van der Waals surface area contributed by atoms with Crippen LogP contribution in [0.15, 0.2) is 83.3 Å². The van der Waals surface area contributed by atoms with E-state index in [0.717, 1.165) is 16.9 Å². The number of hydrogen-bond donors (Lipinski definition) is 2. The van der Waals surface area contributed by atoms with Gasteiger partial charge in [0, 0.05) is 11.1 Å².